The van der Waals surface area contributed by atoms with Crippen LogP contribution in [0.3, 0.4) is 0 Å². The molecule has 9 heavy (non-hydrogen) atoms. The molecule has 0 amide bonds. The van der Waals surface area contributed by atoms with Gasteiger partial charge in [-0.05, 0) is 20.5 Å². The smallest absolute Gasteiger partial charge is 0.333 e. The zero-order valence-corrected chi connectivity index (χ0v) is 7.36. The van der Waals surface area contributed by atoms with Crippen LogP contribution in [0.15, 0.2) is 0 Å². The van der Waals surface area contributed by atoms with Crippen LogP contribution >= 0.6 is 0 Å². The standard InChI is InChI=1S/C5H15NO2Si/c1-4-5(6(2)3)9(7)8/h5,7-9H,4H2,1-3H3. The zero-order valence-electron chi connectivity index (χ0n) is 6.20. The summed E-state index contributed by atoms with van der Waals surface area (Å²) < 4.78 is 0. The molecule has 0 aliphatic carbocycles. The fraction of sp³-hybridized carbons (Fsp3) is 1.00. The molecule has 0 aliphatic heterocycles. The molecule has 3 nitrogen and oxygen atoms in total. The van der Waals surface area contributed by atoms with E-state index in [4.69, 9.17) is 9.59 Å². The van der Waals surface area contributed by atoms with Crippen LogP contribution in [0.5, 0.6) is 0 Å². The summed E-state index contributed by atoms with van der Waals surface area (Å²) >= 11 is 0. The molecule has 0 saturated heterocycles. The molecule has 0 aliphatic rings. The van der Waals surface area contributed by atoms with E-state index in [0.29, 0.717) is 0 Å². The van der Waals surface area contributed by atoms with Gasteiger partial charge >= 0.3 is 9.28 Å². The lowest BCUT2D eigenvalue weighted by Gasteiger charge is -2.22. The van der Waals surface area contributed by atoms with Crippen molar-refractivity contribution in [3.63, 3.8) is 0 Å². The van der Waals surface area contributed by atoms with Crippen molar-refractivity contribution >= 4 is 9.28 Å². The molecule has 0 fully saturated rings. The molecule has 0 heterocycles. The first-order chi connectivity index (χ1) is 4.09. The normalized spacial score (nSPS) is 15.0. The predicted octanol–water partition coefficient (Wildman–Crippen LogP) is -0.929. The highest BCUT2D eigenvalue weighted by Crippen LogP contribution is 1.98. The van der Waals surface area contributed by atoms with Crippen LogP contribution in [0.4, 0.5) is 0 Å². The molecule has 0 saturated carbocycles. The van der Waals surface area contributed by atoms with Crippen LogP contribution < -0.4 is 0 Å². The highest BCUT2D eigenvalue weighted by Gasteiger charge is 2.18. The molecule has 2 N–H and O–H groups in total. The Bertz CT molecular complexity index is 69.4. The Kier molecular flexibility index (Phi) is 4.04. The minimum atomic E-state index is -2.42. The van der Waals surface area contributed by atoms with Gasteiger partial charge in [-0.2, -0.15) is 0 Å². The lowest BCUT2D eigenvalue weighted by molar-refractivity contribution is 0.281. The van der Waals surface area contributed by atoms with Crippen molar-refractivity contribution in [2.45, 2.75) is 19.0 Å². The Morgan fingerprint density at radius 2 is 1.89 bits per heavy atom. The quantitative estimate of drug-likeness (QED) is 0.510. The van der Waals surface area contributed by atoms with E-state index < -0.39 is 9.28 Å². The van der Waals surface area contributed by atoms with Crippen molar-refractivity contribution < 1.29 is 9.59 Å². The molecule has 0 aromatic carbocycles. The van der Waals surface area contributed by atoms with E-state index in [-0.39, 0.29) is 5.67 Å². The number of nitrogens with zero attached hydrogens (tertiary/aromatic N) is 1. The molecular weight excluding hydrogens is 134 g/mol. The van der Waals surface area contributed by atoms with Crippen LogP contribution in [-0.2, 0) is 0 Å². The van der Waals surface area contributed by atoms with Gasteiger partial charge in [-0.15, -0.1) is 0 Å². The van der Waals surface area contributed by atoms with Crippen molar-refractivity contribution in [2.24, 2.45) is 0 Å². The lowest BCUT2D eigenvalue weighted by Crippen LogP contribution is -2.42. The molecule has 0 rings (SSSR count). The third-order valence-corrected chi connectivity index (χ3v) is 3.18. The Morgan fingerprint density at radius 1 is 1.44 bits per heavy atom. The first-order valence-electron chi connectivity index (χ1n) is 3.12. The van der Waals surface area contributed by atoms with Gasteiger partial charge in [-0.1, -0.05) is 6.92 Å². The monoisotopic (exact) mass is 149 g/mol. The Hall–Kier alpha value is 0.0969. The van der Waals surface area contributed by atoms with Crippen molar-refractivity contribution in [3.05, 3.63) is 0 Å². The SMILES string of the molecule is CCC(N(C)C)[SiH](O)O. The van der Waals surface area contributed by atoms with Crippen LogP contribution in [0.25, 0.3) is 0 Å². The third-order valence-electron chi connectivity index (χ3n) is 1.43. The number of hydrogen-bond donors (Lipinski definition) is 2. The second kappa shape index (κ2) is 4.00. The van der Waals surface area contributed by atoms with Gasteiger partial charge in [-0.25, -0.2) is 0 Å². The highest BCUT2D eigenvalue weighted by molar-refractivity contribution is 6.43. The molecule has 0 bridgehead atoms. The molecule has 4 heteroatoms. The van der Waals surface area contributed by atoms with Crippen LogP contribution in [-0.4, -0.2) is 43.5 Å². The van der Waals surface area contributed by atoms with Gasteiger partial charge in [0.25, 0.3) is 0 Å². The van der Waals surface area contributed by atoms with E-state index in [1.165, 1.54) is 0 Å². The summed E-state index contributed by atoms with van der Waals surface area (Å²) in [6, 6.07) is 0. The van der Waals surface area contributed by atoms with E-state index in [9.17, 15) is 0 Å². The molecule has 0 spiro atoms. The molecule has 0 radical (unpaired) electrons. The first kappa shape index (κ1) is 9.10. The van der Waals surface area contributed by atoms with Crippen LogP contribution in [0.2, 0.25) is 0 Å². The maximum absolute atomic E-state index is 8.84. The lowest BCUT2D eigenvalue weighted by atomic mass is 10.4. The van der Waals surface area contributed by atoms with Gasteiger partial charge in [0.1, 0.15) is 0 Å². The Balaban J connectivity index is 3.68. The van der Waals surface area contributed by atoms with Gasteiger partial charge < -0.3 is 14.5 Å². The third kappa shape index (κ3) is 2.95. The maximum Gasteiger partial charge on any atom is 0.333 e. The van der Waals surface area contributed by atoms with E-state index in [1.807, 2.05) is 25.9 Å². The summed E-state index contributed by atoms with van der Waals surface area (Å²) in [7, 11) is 1.31. The summed E-state index contributed by atoms with van der Waals surface area (Å²) in [5.41, 5.74) is 0.00463. The minimum Gasteiger partial charge on any atom is -0.412 e. The Morgan fingerprint density at radius 3 is 1.89 bits per heavy atom. The molecule has 56 valence electrons. The second-order valence-electron chi connectivity index (χ2n) is 2.35. The van der Waals surface area contributed by atoms with E-state index in [1.54, 1.807) is 0 Å². The van der Waals surface area contributed by atoms with Crippen LogP contribution in [0.1, 0.15) is 13.3 Å². The number of rotatable bonds is 3. The van der Waals surface area contributed by atoms with Crippen LogP contribution in [0, 0.1) is 0 Å². The highest BCUT2D eigenvalue weighted by atomic mass is 28.3. The molecule has 0 aromatic rings. The van der Waals surface area contributed by atoms with Crippen molar-refractivity contribution in [1.82, 2.24) is 4.90 Å². The summed E-state index contributed by atoms with van der Waals surface area (Å²) in [5, 5.41) is 0. The van der Waals surface area contributed by atoms with E-state index >= 15 is 0 Å². The Labute approximate surface area is 57.8 Å². The van der Waals surface area contributed by atoms with Gasteiger partial charge in [-0.3, -0.25) is 0 Å². The predicted molar refractivity (Wildman–Crippen MR) is 39.4 cm³/mol. The van der Waals surface area contributed by atoms with Gasteiger partial charge in [0.2, 0.25) is 0 Å². The summed E-state index contributed by atoms with van der Waals surface area (Å²) in [6.45, 7) is 1.96. The molecule has 0 aromatic heterocycles. The molecular formula is C5H15NO2Si. The molecule has 1 unspecified atom stereocenters. The zero-order chi connectivity index (χ0) is 7.44. The number of hydrogen-bond acceptors (Lipinski definition) is 3. The average Bonchev–Trinajstić information content (AvgIpc) is 1.64. The van der Waals surface area contributed by atoms with Gasteiger partial charge in [0.05, 0.1) is 0 Å². The van der Waals surface area contributed by atoms with Gasteiger partial charge in [0.15, 0.2) is 0 Å². The van der Waals surface area contributed by atoms with E-state index in [2.05, 4.69) is 0 Å². The summed E-state index contributed by atoms with van der Waals surface area (Å²) in [5.74, 6) is 0. The maximum atomic E-state index is 8.84. The molecule has 1 atom stereocenters. The van der Waals surface area contributed by atoms with Crippen molar-refractivity contribution in [2.75, 3.05) is 14.1 Å². The average molecular weight is 149 g/mol. The van der Waals surface area contributed by atoms with E-state index in [0.717, 1.165) is 6.42 Å². The van der Waals surface area contributed by atoms with Crippen molar-refractivity contribution in [3.8, 4) is 0 Å². The minimum absolute atomic E-state index is 0.00463. The van der Waals surface area contributed by atoms with Crippen molar-refractivity contribution in [1.29, 1.82) is 0 Å². The fourth-order valence-electron chi connectivity index (χ4n) is 0.843. The topological polar surface area (TPSA) is 43.7 Å². The summed E-state index contributed by atoms with van der Waals surface area (Å²) in [6.07, 6.45) is 0.816. The van der Waals surface area contributed by atoms with Gasteiger partial charge in [0, 0.05) is 5.67 Å². The largest absolute Gasteiger partial charge is 0.412 e. The fourth-order valence-corrected chi connectivity index (χ4v) is 1.80. The summed E-state index contributed by atoms with van der Waals surface area (Å²) in [4.78, 5) is 19.5. The first-order valence-corrected chi connectivity index (χ1v) is 4.82. The second-order valence-corrected chi connectivity index (χ2v) is 3.95.